The molecule has 148 valence electrons. The minimum Gasteiger partial charge on any atom is -0.495 e. The summed E-state index contributed by atoms with van der Waals surface area (Å²) in [6, 6.07) is 6.69. The van der Waals surface area contributed by atoms with Crippen molar-refractivity contribution in [1.29, 1.82) is 0 Å². The van der Waals surface area contributed by atoms with Gasteiger partial charge < -0.3 is 14.8 Å². The van der Waals surface area contributed by atoms with Gasteiger partial charge in [-0.25, -0.2) is 4.79 Å². The number of methoxy groups -OCH3 is 2. The van der Waals surface area contributed by atoms with E-state index in [4.69, 9.17) is 16.3 Å². The van der Waals surface area contributed by atoms with E-state index in [0.29, 0.717) is 0 Å². The number of rotatable bonds is 5. The molecule has 0 aromatic heterocycles. The molecule has 0 atom stereocenters. The highest BCUT2D eigenvalue weighted by atomic mass is 35.5. The minimum absolute atomic E-state index is 0.0594. The quantitative estimate of drug-likeness (QED) is 0.457. The van der Waals surface area contributed by atoms with E-state index in [2.05, 4.69) is 10.1 Å². The maximum Gasteiger partial charge on any atom is 0.416 e. The lowest BCUT2D eigenvalue weighted by molar-refractivity contribution is -0.154. The maximum atomic E-state index is 13.1. The highest BCUT2D eigenvalue weighted by Gasteiger charge is 2.32. The lowest BCUT2D eigenvalue weighted by atomic mass is 10.00. The minimum atomic E-state index is -4.64. The van der Waals surface area contributed by atoms with E-state index in [0.717, 1.165) is 25.3 Å². The van der Waals surface area contributed by atoms with Gasteiger partial charge in [-0.05, 0) is 35.9 Å². The van der Waals surface area contributed by atoms with Crippen LogP contribution >= 0.6 is 11.6 Å². The Kier molecular flexibility index (Phi) is 6.30. The Bertz CT molecular complexity index is 943. The molecule has 0 unspecified atom stereocenters. The number of esters is 1. The zero-order valence-electron chi connectivity index (χ0n) is 14.5. The summed E-state index contributed by atoms with van der Waals surface area (Å²) in [5.41, 5.74) is -0.933. The predicted molar refractivity (Wildman–Crippen MR) is 94.1 cm³/mol. The van der Waals surface area contributed by atoms with Gasteiger partial charge in [0.2, 0.25) is 0 Å². The number of anilines is 1. The fraction of sp³-hybridized carbons (Fsp3) is 0.167. The number of alkyl halides is 3. The molecule has 0 fully saturated rings. The average Bonchev–Trinajstić information content (AvgIpc) is 2.66. The van der Waals surface area contributed by atoms with Gasteiger partial charge in [0.05, 0.1) is 24.8 Å². The molecule has 0 radical (unpaired) electrons. The highest BCUT2D eigenvalue weighted by Crippen LogP contribution is 2.38. The average molecular weight is 416 g/mol. The van der Waals surface area contributed by atoms with Gasteiger partial charge in [0.15, 0.2) is 0 Å². The summed E-state index contributed by atoms with van der Waals surface area (Å²) in [7, 11) is 2.24. The second-order valence-corrected chi connectivity index (χ2v) is 5.79. The lowest BCUT2D eigenvalue weighted by Crippen LogP contribution is -2.30. The predicted octanol–water partition coefficient (Wildman–Crippen LogP) is 3.72. The molecule has 0 heterocycles. The number of carbonyl (C=O) groups is 3. The molecule has 0 saturated carbocycles. The van der Waals surface area contributed by atoms with Crippen LogP contribution in [-0.4, -0.2) is 31.9 Å². The molecule has 0 aliphatic carbocycles. The Labute approximate surface area is 162 Å². The Balaban J connectivity index is 2.56. The molecule has 28 heavy (non-hydrogen) atoms. The number of amides is 1. The first-order valence-electron chi connectivity index (χ1n) is 7.57. The summed E-state index contributed by atoms with van der Waals surface area (Å²) in [6.07, 6.45) is -4.64. The van der Waals surface area contributed by atoms with E-state index in [1.807, 2.05) is 0 Å². The zero-order valence-corrected chi connectivity index (χ0v) is 15.3. The van der Waals surface area contributed by atoms with Crippen LogP contribution in [0, 0.1) is 0 Å². The van der Waals surface area contributed by atoms with Crippen molar-refractivity contribution in [2.75, 3.05) is 19.5 Å². The molecule has 10 heteroatoms. The van der Waals surface area contributed by atoms with Crippen LogP contribution in [0.1, 0.15) is 5.56 Å². The number of nitrogens with one attached hydrogen (secondary N) is 1. The van der Waals surface area contributed by atoms with E-state index in [-0.39, 0.29) is 27.6 Å². The number of hydrogen-bond donors (Lipinski definition) is 1. The van der Waals surface area contributed by atoms with Crippen molar-refractivity contribution < 1.29 is 37.0 Å². The summed E-state index contributed by atoms with van der Waals surface area (Å²) in [5, 5.41) is 2.35. The first-order chi connectivity index (χ1) is 13.1. The number of ether oxygens (including phenoxy) is 2. The molecular weight excluding hydrogens is 403 g/mol. The van der Waals surface area contributed by atoms with Gasteiger partial charge in [0, 0.05) is 11.3 Å². The van der Waals surface area contributed by atoms with E-state index >= 15 is 0 Å². The van der Waals surface area contributed by atoms with Crippen molar-refractivity contribution in [3.05, 3.63) is 47.0 Å². The molecular formula is C18H13ClF3NO5. The fourth-order valence-electron chi connectivity index (χ4n) is 2.26. The second kappa shape index (κ2) is 8.30. The SMILES string of the molecule is COC(=O)C(=O)C(=O)Nc1ccc(C(F)(F)F)cc1-c1ccc(Cl)c(OC)c1. The molecule has 0 bridgehead atoms. The van der Waals surface area contributed by atoms with Gasteiger partial charge in [-0.3, -0.25) is 9.59 Å². The zero-order chi connectivity index (χ0) is 21.1. The van der Waals surface area contributed by atoms with Gasteiger partial charge in [-0.15, -0.1) is 0 Å². The van der Waals surface area contributed by atoms with Crippen LogP contribution in [0.4, 0.5) is 18.9 Å². The van der Waals surface area contributed by atoms with E-state index in [1.165, 1.54) is 25.3 Å². The van der Waals surface area contributed by atoms with Gasteiger partial charge in [0.25, 0.3) is 0 Å². The molecule has 2 rings (SSSR count). The van der Waals surface area contributed by atoms with Crippen molar-refractivity contribution in [2.45, 2.75) is 6.18 Å². The van der Waals surface area contributed by atoms with E-state index < -0.39 is 29.4 Å². The summed E-state index contributed by atoms with van der Waals surface area (Å²) in [5.74, 6) is -4.06. The second-order valence-electron chi connectivity index (χ2n) is 5.38. The van der Waals surface area contributed by atoms with E-state index in [9.17, 15) is 27.6 Å². The van der Waals surface area contributed by atoms with Crippen molar-refractivity contribution in [3.8, 4) is 16.9 Å². The molecule has 6 nitrogen and oxygen atoms in total. The monoisotopic (exact) mass is 415 g/mol. The molecule has 0 aliphatic heterocycles. The van der Waals surface area contributed by atoms with Crippen LogP contribution in [0.3, 0.4) is 0 Å². The molecule has 2 aromatic rings. The van der Waals surface area contributed by atoms with Crippen LogP contribution in [0.5, 0.6) is 5.75 Å². The molecule has 0 aliphatic rings. The Morgan fingerprint density at radius 1 is 1.04 bits per heavy atom. The number of halogens is 4. The van der Waals surface area contributed by atoms with E-state index in [1.54, 1.807) is 0 Å². The maximum absolute atomic E-state index is 13.1. The third-order valence-electron chi connectivity index (χ3n) is 3.63. The van der Waals surface area contributed by atoms with Crippen molar-refractivity contribution in [1.82, 2.24) is 0 Å². The first-order valence-corrected chi connectivity index (χ1v) is 7.95. The van der Waals surface area contributed by atoms with Crippen molar-refractivity contribution >= 4 is 34.9 Å². The molecule has 1 amide bonds. The Morgan fingerprint density at radius 3 is 2.29 bits per heavy atom. The molecule has 0 spiro atoms. The summed E-state index contributed by atoms with van der Waals surface area (Å²) in [4.78, 5) is 34.7. The Hall–Kier alpha value is -3.07. The van der Waals surface area contributed by atoms with Crippen molar-refractivity contribution in [3.63, 3.8) is 0 Å². The van der Waals surface area contributed by atoms with Crippen molar-refractivity contribution in [2.24, 2.45) is 0 Å². The Morgan fingerprint density at radius 2 is 1.71 bits per heavy atom. The van der Waals surface area contributed by atoms with Gasteiger partial charge >= 0.3 is 23.8 Å². The third-order valence-corrected chi connectivity index (χ3v) is 3.95. The van der Waals surface area contributed by atoms with Gasteiger partial charge in [0.1, 0.15) is 5.75 Å². The molecule has 0 saturated heterocycles. The van der Waals surface area contributed by atoms with Gasteiger partial charge in [-0.1, -0.05) is 17.7 Å². The van der Waals surface area contributed by atoms with Crippen LogP contribution in [-0.2, 0) is 25.3 Å². The first kappa shape index (κ1) is 21.2. The van der Waals surface area contributed by atoms with Crippen LogP contribution < -0.4 is 10.1 Å². The molecule has 2 aromatic carbocycles. The normalized spacial score (nSPS) is 10.9. The van der Waals surface area contributed by atoms with Crippen LogP contribution in [0.2, 0.25) is 5.02 Å². The van der Waals surface area contributed by atoms with Gasteiger partial charge in [-0.2, -0.15) is 13.2 Å². The largest absolute Gasteiger partial charge is 0.495 e. The number of hydrogen-bond acceptors (Lipinski definition) is 5. The standard InChI is InChI=1S/C18H13ClF3NO5/c1-27-14-7-9(3-5-12(14)19)11-8-10(18(20,21)22)4-6-13(11)23-16(25)15(24)17(26)28-2/h3-8H,1-2H3,(H,23,25). The number of Topliss-reactive ketones (excluding diaryl/α,β-unsaturated/α-hetero) is 1. The number of carbonyl (C=O) groups excluding carboxylic acids is 3. The lowest BCUT2D eigenvalue weighted by Gasteiger charge is -2.15. The number of ketones is 1. The number of benzene rings is 2. The topological polar surface area (TPSA) is 81.7 Å². The van der Waals surface area contributed by atoms with Crippen LogP contribution in [0.15, 0.2) is 36.4 Å². The summed E-state index contributed by atoms with van der Waals surface area (Å²) < 4.78 is 48.6. The smallest absolute Gasteiger partial charge is 0.416 e. The fourth-order valence-corrected chi connectivity index (χ4v) is 2.45. The van der Waals surface area contributed by atoms with Crippen LogP contribution in [0.25, 0.3) is 11.1 Å². The summed E-state index contributed by atoms with van der Waals surface area (Å²) in [6.45, 7) is 0. The molecule has 1 N–H and O–H groups in total. The third kappa shape index (κ3) is 4.61. The highest BCUT2D eigenvalue weighted by molar-refractivity contribution is 6.63. The summed E-state index contributed by atoms with van der Waals surface area (Å²) >= 11 is 5.93.